The summed E-state index contributed by atoms with van der Waals surface area (Å²) in [5.41, 5.74) is 26.2. The molecule has 14 aromatic carbocycles. The molecule has 1 aromatic heterocycles. The van der Waals surface area contributed by atoms with Gasteiger partial charge in [0.15, 0.2) is 5.58 Å². The summed E-state index contributed by atoms with van der Waals surface area (Å²) in [4.78, 5) is 4.83. The summed E-state index contributed by atoms with van der Waals surface area (Å²) < 4.78 is 6.84. The molecule has 0 amide bonds. The lowest BCUT2D eigenvalue weighted by Gasteiger charge is -2.38. The van der Waals surface area contributed by atoms with E-state index in [1.165, 1.54) is 88.5 Å². The minimum atomic E-state index is 0.846. The monoisotopic (exact) mass is 1070 g/mol. The molecule has 394 valence electrons. The molecule has 0 aliphatic heterocycles. The van der Waals surface area contributed by atoms with Crippen molar-refractivity contribution in [3.8, 4) is 77.9 Å². The van der Waals surface area contributed by atoms with Crippen molar-refractivity contribution in [3.63, 3.8) is 0 Å². The largest absolute Gasteiger partial charge is 0.454 e. The summed E-state index contributed by atoms with van der Waals surface area (Å²) in [6.45, 7) is 2.23. The maximum Gasteiger partial charge on any atom is 0.159 e. The highest BCUT2D eigenvalue weighted by Gasteiger charge is 2.39. The zero-order valence-electron chi connectivity index (χ0n) is 46.2. The molecule has 0 radical (unpaired) electrons. The predicted molar refractivity (Wildman–Crippen MR) is 354 cm³/mol. The molecule has 84 heavy (non-hydrogen) atoms. The van der Waals surface area contributed by atoms with Crippen LogP contribution in [0.4, 0.5) is 34.1 Å². The first-order valence-electron chi connectivity index (χ1n) is 28.9. The van der Waals surface area contributed by atoms with Crippen molar-refractivity contribution in [3.05, 3.63) is 315 Å². The fourth-order valence-corrected chi connectivity index (χ4v) is 13.4. The van der Waals surface area contributed by atoms with Crippen LogP contribution in [0.2, 0.25) is 0 Å². The second-order valence-corrected chi connectivity index (χ2v) is 21.9. The van der Waals surface area contributed by atoms with Crippen molar-refractivity contribution in [2.75, 3.05) is 9.80 Å². The first-order chi connectivity index (χ1) is 41.6. The average molecular weight is 1070 g/mol. The van der Waals surface area contributed by atoms with Gasteiger partial charge in [0.05, 0.1) is 5.69 Å². The van der Waals surface area contributed by atoms with Crippen molar-refractivity contribution < 1.29 is 4.42 Å². The van der Waals surface area contributed by atoms with Crippen LogP contribution in [0.5, 0.6) is 0 Å². The smallest absolute Gasteiger partial charge is 0.159 e. The van der Waals surface area contributed by atoms with Crippen molar-refractivity contribution in [1.82, 2.24) is 0 Å². The SMILES string of the molecule is Cc1ccc(-c2ccccc2)cc1N(c1ccccc1)c1ccc2c(-c3ccccc3)c3c(c(-c4ccccc4)c2c1)-c1c-3c(-c2ccccc2)c2ccc(N(c3ccccc3)c3cccc4c3oc3ccccc34)cc2c1-c1ccccc1. The minimum Gasteiger partial charge on any atom is -0.454 e. The molecule has 1 aliphatic rings. The summed E-state index contributed by atoms with van der Waals surface area (Å²) in [5, 5.41) is 6.91. The van der Waals surface area contributed by atoms with E-state index in [1.807, 2.05) is 6.07 Å². The number of para-hydroxylation sites is 4. The molecule has 3 nitrogen and oxygen atoms in total. The minimum absolute atomic E-state index is 0.846. The van der Waals surface area contributed by atoms with Crippen LogP contribution in [-0.4, -0.2) is 0 Å². The van der Waals surface area contributed by atoms with Gasteiger partial charge in [0, 0.05) is 39.2 Å². The average Bonchev–Trinajstić information content (AvgIpc) is 0.896. The van der Waals surface area contributed by atoms with E-state index in [-0.39, 0.29) is 0 Å². The van der Waals surface area contributed by atoms with E-state index in [2.05, 4.69) is 320 Å². The second-order valence-electron chi connectivity index (χ2n) is 21.9. The van der Waals surface area contributed by atoms with Gasteiger partial charge < -0.3 is 14.2 Å². The zero-order valence-corrected chi connectivity index (χ0v) is 46.2. The molecule has 15 aromatic rings. The van der Waals surface area contributed by atoms with Gasteiger partial charge in [0.25, 0.3) is 0 Å². The Morgan fingerprint density at radius 3 is 1.07 bits per heavy atom. The Morgan fingerprint density at radius 2 is 0.607 bits per heavy atom. The number of nitrogens with zero attached hydrogens (tertiary/aromatic N) is 2. The van der Waals surface area contributed by atoms with E-state index < -0.39 is 0 Å². The highest BCUT2D eigenvalue weighted by molar-refractivity contribution is 6.33. The summed E-state index contributed by atoms with van der Waals surface area (Å²) in [6.07, 6.45) is 0. The lowest BCUT2D eigenvalue weighted by atomic mass is 9.65. The number of hydrogen-bond donors (Lipinski definition) is 0. The summed E-state index contributed by atoms with van der Waals surface area (Å²) >= 11 is 0. The molecule has 1 heterocycles. The molecule has 0 N–H and O–H groups in total. The Bertz CT molecular complexity index is 4980. The molecular formula is C81H54N2O. The van der Waals surface area contributed by atoms with E-state index in [0.29, 0.717) is 0 Å². The maximum atomic E-state index is 6.84. The van der Waals surface area contributed by atoms with Gasteiger partial charge in [-0.2, -0.15) is 0 Å². The van der Waals surface area contributed by atoms with Crippen LogP contribution in [0.1, 0.15) is 5.56 Å². The molecule has 0 bridgehead atoms. The van der Waals surface area contributed by atoms with Crippen LogP contribution >= 0.6 is 0 Å². The Kier molecular flexibility index (Phi) is 11.8. The van der Waals surface area contributed by atoms with Crippen LogP contribution < -0.4 is 9.80 Å². The van der Waals surface area contributed by atoms with Crippen LogP contribution in [0.3, 0.4) is 0 Å². The van der Waals surface area contributed by atoms with E-state index >= 15 is 0 Å². The van der Waals surface area contributed by atoms with Gasteiger partial charge in [0.2, 0.25) is 0 Å². The van der Waals surface area contributed by atoms with E-state index in [4.69, 9.17) is 4.42 Å². The molecule has 1 aliphatic carbocycles. The topological polar surface area (TPSA) is 19.6 Å². The first-order valence-corrected chi connectivity index (χ1v) is 28.9. The third-order valence-corrected chi connectivity index (χ3v) is 17.1. The zero-order chi connectivity index (χ0) is 55.7. The first kappa shape index (κ1) is 48.9. The Morgan fingerprint density at radius 1 is 0.226 bits per heavy atom. The Hall–Kier alpha value is -11.0. The lowest BCUT2D eigenvalue weighted by Crippen LogP contribution is -2.13. The van der Waals surface area contributed by atoms with E-state index in [9.17, 15) is 0 Å². The number of anilines is 6. The van der Waals surface area contributed by atoms with Crippen LogP contribution in [-0.2, 0) is 0 Å². The molecule has 3 heteroatoms. The molecule has 0 saturated heterocycles. The summed E-state index contributed by atoms with van der Waals surface area (Å²) in [7, 11) is 0. The molecule has 0 spiro atoms. The van der Waals surface area contributed by atoms with E-state index in [1.54, 1.807) is 0 Å². The third kappa shape index (κ3) is 7.96. The van der Waals surface area contributed by atoms with Gasteiger partial charge >= 0.3 is 0 Å². The molecule has 0 unspecified atom stereocenters. The number of rotatable bonds is 11. The maximum absolute atomic E-state index is 6.84. The van der Waals surface area contributed by atoms with Crippen LogP contribution in [0, 0.1) is 6.92 Å². The molecule has 0 saturated carbocycles. The van der Waals surface area contributed by atoms with Gasteiger partial charge in [-0.15, -0.1) is 0 Å². The predicted octanol–water partition coefficient (Wildman–Crippen LogP) is 23.1. The van der Waals surface area contributed by atoms with Crippen LogP contribution in [0.25, 0.3) is 121 Å². The Labute approximate surface area is 488 Å². The molecule has 0 fully saturated rings. The number of hydrogen-bond acceptors (Lipinski definition) is 3. The normalized spacial score (nSPS) is 11.6. The van der Waals surface area contributed by atoms with Crippen LogP contribution in [0.15, 0.2) is 314 Å². The number of fused-ring (bicyclic) bond motifs is 9. The van der Waals surface area contributed by atoms with E-state index in [0.717, 1.165) is 72.6 Å². The molecule has 16 rings (SSSR count). The molecule has 0 atom stereocenters. The van der Waals surface area contributed by atoms with Gasteiger partial charge in [-0.3, -0.25) is 0 Å². The fourth-order valence-electron chi connectivity index (χ4n) is 13.4. The molecular weight excluding hydrogens is 1020 g/mol. The number of aryl methyl sites for hydroxylation is 1. The lowest BCUT2D eigenvalue weighted by molar-refractivity contribution is 0.669. The summed E-state index contributed by atoms with van der Waals surface area (Å²) in [6, 6.07) is 113. The van der Waals surface area contributed by atoms with Crippen molar-refractivity contribution in [1.29, 1.82) is 0 Å². The van der Waals surface area contributed by atoms with Gasteiger partial charge in [0.1, 0.15) is 5.58 Å². The van der Waals surface area contributed by atoms with Crippen molar-refractivity contribution in [2.45, 2.75) is 6.92 Å². The Balaban J connectivity index is 1.03. The number of furan rings is 1. The highest BCUT2D eigenvalue weighted by atomic mass is 16.3. The van der Waals surface area contributed by atoms with Crippen molar-refractivity contribution >= 4 is 77.6 Å². The van der Waals surface area contributed by atoms with Gasteiger partial charge in [-0.05, 0) is 179 Å². The quantitative estimate of drug-likeness (QED) is 0.129. The standard InChI is InChI=1S/C81H54N2O/c1-53-44-45-59(54-26-9-2-10-27-54)50-71(53)83(61-38-21-8-22-39-61)63-47-49-66-69(52-63)76(58-34-17-6-18-35-58)80-78(74(66)56-30-13-4-14-31-56)77-73(55-28-11-3-12-29-55)65-48-46-62(51-68(65)75(79(77)80)57-32-15-5-16-33-57)82(60-36-19-7-20-37-60)70-42-25-41-67-64-40-23-24-43-72(64)84-81(67)70/h2-52H,1H3. The van der Waals surface area contributed by atoms with Gasteiger partial charge in [-0.1, -0.05) is 243 Å². The third-order valence-electron chi connectivity index (χ3n) is 17.1. The second kappa shape index (κ2) is 20.2. The number of benzene rings is 14. The highest BCUT2D eigenvalue weighted by Crippen LogP contribution is 2.66. The van der Waals surface area contributed by atoms with Crippen molar-refractivity contribution in [2.24, 2.45) is 0 Å². The van der Waals surface area contributed by atoms with Gasteiger partial charge in [-0.25, -0.2) is 0 Å². The fraction of sp³-hybridized carbons (Fsp3) is 0.0123. The summed E-state index contributed by atoms with van der Waals surface area (Å²) in [5.74, 6) is 0.